The van der Waals surface area contributed by atoms with Crippen LogP contribution in [-0.4, -0.2) is 43.8 Å². The van der Waals surface area contributed by atoms with Gasteiger partial charge in [0.05, 0.1) is 21.2 Å². The molecule has 0 unspecified atom stereocenters. The molecule has 1 saturated carbocycles. The van der Waals surface area contributed by atoms with Gasteiger partial charge in [-0.2, -0.15) is 13.2 Å². The molecule has 5 rings (SSSR count). The topological polar surface area (TPSA) is 86.8 Å². The number of hydrogen-bond acceptors (Lipinski definition) is 4. The van der Waals surface area contributed by atoms with Crippen molar-refractivity contribution in [3.63, 3.8) is 0 Å². The Morgan fingerprint density at radius 3 is 2.08 bits per heavy atom. The van der Waals surface area contributed by atoms with Crippen molar-refractivity contribution in [1.82, 2.24) is 10.2 Å². The second-order valence-electron chi connectivity index (χ2n) is 12.1. The number of carbonyl (C=O) groups is 2. The third-order valence-electron chi connectivity index (χ3n) is 8.67. The van der Waals surface area contributed by atoms with E-state index in [9.17, 15) is 31.2 Å². The molecule has 264 valence electrons. The Kier molecular flexibility index (Phi) is 12.1. The fourth-order valence-corrected chi connectivity index (χ4v) is 7.89. The van der Waals surface area contributed by atoms with E-state index in [1.165, 1.54) is 29.2 Å². The van der Waals surface area contributed by atoms with Gasteiger partial charge in [0.15, 0.2) is 0 Å². The van der Waals surface area contributed by atoms with Crippen LogP contribution in [0.3, 0.4) is 0 Å². The minimum absolute atomic E-state index is 0.0835. The van der Waals surface area contributed by atoms with Gasteiger partial charge in [0, 0.05) is 24.0 Å². The summed E-state index contributed by atoms with van der Waals surface area (Å²) in [6.07, 6.45) is -0.308. The first kappa shape index (κ1) is 37.2. The molecule has 0 saturated heterocycles. The first-order valence-corrected chi connectivity index (χ1v) is 18.4. The van der Waals surface area contributed by atoms with Crippen molar-refractivity contribution in [2.24, 2.45) is 0 Å². The van der Waals surface area contributed by atoms with Crippen LogP contribution >= 0.6 is 23.2 Å². The van der Waals surface area contributed by atoms with Crippen LogP contribution in [0.2, 0.25) is 10.0 Å². The SMILES string of the molecule is O=C(NC1CCCCC1)[C@H](Cc1ccccc1)N(Cc1ccccc1Cl)C(=O)CN(c1ccc(Cl)c(C(F)(F)F)c1)S(=O)(=O)c1ccccc1. The van der Waals surface area contributed by atoms with Gasteiger partial charge in [0.1, 0.15) is 12.6 Å². The molecule has 0 heterocycles. The Morgan fingerprint density at radius 1 is 0.820 bits per heavy atom. The third kappa shape index (κ3) is 9.18. The molecule has 1 N–H and O–H groups in total. The molecule has 0 aliphatic heterocycles. The fourth-order valence-electron chi connectivity index (χ4n) is 6.04. The standard InChI is InChI=1S/C37H36Cl2F3N3O4S/c38-32-19-11-10-14-27(32)24-44(34(22-26-12-4-1-5-13-26)36(47)43-28-15-6-2-7-16-28)35(46)25-45(50(48,49)30-17-8-3-9-18-30)29-20-21-33(39)31(23-29)37(40,41)42/h1,3-5,8-14,17-21,23,28,34H,2,6-7,15-16,22,24-25H2,(H,43,47)/t34-/m0/s1. The third-order valence-corrected chi connectivity index (χ3v) is 11.2. The maximum absolute atomic E-state index is 14.6. The van der Waals surface area contributed by atoms with Gasteiger partial charge in [0.25, 0.3) is 10.0 Å². The Labute approximate surface area is 300 Å². The van der Waals surface area contributed by atoms with E-state index in [1.54, 1.807) is 42.5 Å². The second-order valence-corrected chi connectivity index (χ2v) is 14.8. The zero-order valence-electron chi connectivity index (χ0n) is 27.0. The van der Waals surface area contributed by atoms with Gasteiger partial charge >= 0.3 is 6.18 Å². The molecule has 0 radical (unpaired) electrons. The van der Waals surface area contributed by atoms with Gasteiger partial charge in [-0.3, -0.25) is 13.9 Å². The van der Waals surface area contributed by atoms with Crippen molar-refractivity contribution >= 4 is 50.7 Å². The molecular weight excluding hydrogens is 710 g/mol. The Morgan fingerprint density at radius 2 is 1.44 bits per heavy atom. The van der Waals surface area contributed by atoms with Gasteiger partial charge in [-0.1, -0.05) is 109 Å². The van der Waals surface area contributed by atoms with Crippen molar-refractivity contribution in [1.29, 1.82) is 0 Å². The number of rotatable bonds is 12. The van der Waals surface area contributed by atoms with Crippen molar-refractivity contribution in [3.05, 3.63) is 130 Å². The predicted octanol–water partition coefficient (Wildman–Crippen LogP) is 8.30. The Bertz CT molecular complexity index is 1890. The molecule has 1 aliphatic rings. The van der Waals surface area contributed by atoms with Crippen LogP contribution in [0.1, 0.15) is 48.8 Å². The van der Waals surface area contributed by atoms with Crippen LogP contribution in [0.25, 0.3) is 0 Å². The summed E-state index contributed by atoms with van der Waals surface area (Å²) in [4.78, 5) is 29.9. The van der Waals surface area contributed by atoms with Crippen LogP contribution in [0.4, 0.5) is 18.9 Å². The number of halogens is 5. The maximum Gasteiger partial charge on any atom is 0.417 e. The summed E-state index contributed by atoms with van der Waals surface area (Å²) >= 11 is 12.4. The van der Waals surface area contributed by atoms with Crippen molar-refractivity contribution in [2.45, 2.75) is 68.2 Å². The van der Waals surface area contributed by atoms with Crippen molar-refractivity contribution < 1.29 is 31.2 Å². The minimum Gasteiger partial charge on any atom is -0.352 e. The highest BCUT2D eigenvalue weighted by Gasteiger charge is 2.38. The summed E-state index contributed by atoms with van der Waals surface area (Å²) < 4.78 is 70.9. The smallest absolute Gasteiger partial charge is 0.352 e. The number of anilines is 1. The lowest BCUT2D eigenvalue weighted by molar-refractivity contribution is -0.140. The molecule has 7 nitrogen and oxygen atoms in total. The molecular formula is C37H36Cl2F3N3O4S. The van der Waals surface area contributed by atoms with E-state index < -0.39 is 56.9 Å². The van der Waals surface area contributed by atoms with Crippen LogP contribution in [0.15, 0.2) is 108 Å². The number of amides is 2. The highest BCUT2D eigenvalue weighted by atomic mass is 35.5. The first-order chi connectivity index (χ1) is 23.8. The quantitative estimate of drug-likeness (QED) is 0.158. The molecule has 1 aliphatic carbocycles. The van der Waals surface area contributed by atoms with E-state index in [0.29, 0.717) is 21.0 Å². The number of sulfonamides is 1. The van der Waals surface area contributed by atoms with Gasteiger partial charge < -0.3 is 10.2 Å². The molecule has 1 atom stereocenters. The number of carbonyl (C=O) groups excluding carboxylic acids is 2. The minimum atomic E-state index is -4.91. The summed E-state index contributed by atoms with van der Waals surface area (Å²) in [5, 5.41) is 2.79. The molecule has 13 heteroatoms. The highest BCUT2D eigenvalue weighted by molar-refractivity contribution is 7.92. The Hall–Kier alpha value is -4.06. The number of nitrogens with zero attached hydrogens (tertiary/aromatic N) is 2. The molecule has 0 aromatic heterocycles. The zero-order valence-corrected chi connectivity index (χ0v) is 29.3. The average Bonchev–Trinajstić information content (AvgIpc) is 3.10. The largest absolute Gasteiger partial charge is 0.417 e. The van der Waals surface area contributed by atoms with Crippen molar-refractivity contribution in [2.75, 3.05) is 10.8 Å². The van der Waals surface area contributed by atoms with Gasteiger partial charge in [-0.15, -0.1) is 0 Å². The molecule has 0 spiro atoms. The van der Waals surface area contributed by atoms with Crippen LogP contribution in [0.5, 0.6) is 0 Å². The second kappa shape index (κ2) is 16.3. The average molecular weight is 747 g/mol. The van der Waals surface area contributed by atoms with Gasteiger partial charge in [0.2, 0.25) is 11.8 Å². The molecule has 4 aromatic carbocycles. The number of alkyl halides is 3. The fraction of sp³-hybridized carbons (Fsp3) is 0.297. The van der Waals surface area contributed by atoms with Crippen LogP contribution in [0, 0.1) is 0 Å². The zero-order chi connectivity index (χ0) is 35.9. The van der Waals surface area contributed by atoms with Crippen LogP contribution in [-0.2, 0) is 38.8 Å². The molecule has 2 amide bonds. The number of benzene rings is 4. The lowest BCUT2D eigenvalue weighted by Gasteiger charge is -2.35. The van der Waals surface area contributed by atoms with Gasteiger partial charge in [-0.05, 0) is 60.4 Å². The summed E-state index contributed by atoms with van der Waals surface area (Å²) in [6, 6.07) is 24.3. The van der Waals surface area contributed by atoms with E-state index in [-0.39, 0.29) is 23.9 Å². The van der Waals surface area contributed by atoms with E-state index in [2.05, 4.69) is 5.32 Å². The molecule has 4 aromatic rings. The maximum atomic E-state index is 14.6. The monoisotopic (exact) mass is 745 g/mol. The first-order valence-electron chi connectivity index (χ1n) is 16.2. The normalized spacial score (nSPS) is 14.5. The lowest BCUT2D eigenvalue weighted by atomic mass is 9.94. The van der Waals surface area contributed by atoms with Crippen LogP contribution < -0.4 is 9.62 Å². The molecule has 50 heavy (non-hydrogen) atoms. The molecule has 1 fully saturated rings. The van der Waals surface area contributed by atoms with Gasteiger partial charge in [-0.25, -0.2) is 8.42 Å². The number of hydrogen-bond donors (Lipinski definition) is 1. The highest BCUT2D eigenvalue weighted by Crippen LogP contribution is 2.38. The summed E-state index contributed by atoms with van der Waals surface area (Å²) in [5.41, 5.74) is -0.453. The lowest BCUT2D eigenvalue weighted by Crippen LogP contribution is -2.55. The molecule has 0 bridgehead atoms. The van der Waals surface area contributed by atoms with E-state index in [1.807, 2.05) is 18.2 Å². The van der Waals surface area contributed by atoms with E-state index >= 15 is 0 Å². The van der Waals surface area contributed by atoms with E-state index in [0.717, 1.165) is 49.8 Å². The van der Waals surface area contributed by atoms with E-state index in [4.69, 9.17) is 23.2 Å². The predicted molar refractivity (Wildman–Crippen MR) is 188 cm³/mol. The number of nitrogens with one attached hydrogen (secondary N) is 1. The summed E-state index contributed by atoms with van der Waals surface area (Å²) in [7, 11) is -4.62. The summed E-state index contributed by atoms with van der Waals surface area (Å²) in [6.45, 7) is -1.11. The Balaban J connectivity index is 1.61. The summed E-state index contributed by atoms with van der Waals surface area (Å²) in [5.74, 6) is -1.25. The van der Waals surface area contributed by atoms with Crippen molar-refractivity contribution in [3.8, 4) is 0 Å².